The van der Waals surface area contributed by atoms with E-state index in [4.69, 9.17) is 0 Å². The van der Waals surface area contributed by atoms with Gasteiger partial charge < -0.3 is 10.2 Å². The third-order valence-electron chi connectivity index (χ3n) is 8.22. The van der Waals surface area contributed by atoms with Gasteiger partial charge in [0.2, 0.25) is 0 Å². The molecule has 1 fully saturated rings. The fraction of sp³-hybridized carbons (Fsp3) is 0.483. The van der Waals surface area contributed by atoms with E-state index in [0.717, 1.165) is 22.6 Å². The van der Waals surface area contributed by atoms with Crippen LogP contribution in [0.5, 0.6) is 0 Å². The molecule has 0 amide bonds. The predicted octanol–water partition coefficient (Wildman–Crippen LogP) is 5.86. The van der Waals surface area contributed by atoms with E-state index in [2.05, 4.69) is 15.3 Å². The van der Waals surface area contributed by atoms with Crippen molar-refractivity contribution in [2.24, 2.45) is 0 Å². The van der Waals surface area contributed by atoms with Crippen LogP contribution in [0, 0.1) is 0 Å². The maximum atomic E-state index is 14.4. The number of pyridine rings is 1. The molecule has 1 N–H and O–H groups in total. The number of rotatable bonds is 3. The van der Waals surface area contributed by atoms with E-state index in [1.54, 1.807) is 12.4 Å². The second-order valence-corrected chi connectivity index (χ2v) is 13.7. The lowest BCUT2D eigenvalue weighted by Crippen LogP contribution is -2.55. The number of benzene rings is 1. The van der Waals surface area contributed by atoms with Crippen LogP contribution < -0.4 is 15.9 Å². The largest absolute Gasteiger partial charge is 0.416 e. The molecule has 1 aromatic carbocycles. The van der Waals surface area contributed by atoms with Gasteiger partial charge in [0.15, 0.2) is 0 Å². The third-order valence-corrected chi connectivity index (χ3v) is 11.0. The summed E-state index contributed by atoms with van der Waals surface area (Å²) in [7, 11) is -1.46. The van der Waals surface area contributed by atoms with E-state index in [9.17, 15) is 26.7 Å². The molecule has 1 saturated heterocycles. The van der Waals surface area contributed by atoms with Crippen LogP contribution in [0.2, 0.25) is 0 Å². The zero-order chi connectivity index (χ0) is 29.1. The van der Waals surface area contributed by atoms with E-state index >= 15 is 0 Å². The highest BCUT2D eigenvalue weighted by atomic mass is 32.2. The monoisotopic (exact) mass is 593 g/mol. The minimum absolute atomic E-state index is 0.0428. The van der Waals surface area contributed by atoms with Crippen molar-refractivity contribution in [3.05, 3.63) is 69.3 Å². The number of piperazine rings is 1. The van der Waals surface area contributed by atoms with Crippen LogP contribution in [0.3, 0.4) is 0 Å². The zero-order valence-corrected chi connectivity index (χ0v) is 23.7. The minimum Gasteiger partial charge on any atom is -0.353 e. The van der Waals surface area contributed by atoms with Crippen molar-refractivity contribution in [1.29, 1.82) is 0 Å². The van der Waals surface area contributed by atoms with Crippen molar-refractivity contribution in [3.8, 4) is 0 Å². The number of aromatic nitrogens is 3. The molecule has 6 rings (SSSR count). The summed E-state index contributed by atoms with van der Waals surface area (Å²) < 4.78 is 73.1. The van der Waals surface area contributed by atoms with Gasteiger partial charge in [-0.15, -0.1) is 0 Å². The van der Waals surface area contributed by atoms with Gasteiger partial charge in [-0.1, -0.05) is 6.08 Å². The van der Waals surface area contributed by atoms with Gasteiger partial charge in [-0.05, 0) is 60.8 Å². The summed E-state index contributed by atoms with van der Waals surface area (Å²) in [5.41, 5.74) is -0.00629. The number of alkyl halides is 5. The molecule has 4 heterocycles. The van der Waals surface area contributed by atoms with Crippen LogP contribution >= 0.6 is 10.9 Å². The summed E-state index contributed by atoms with van der Waals surface area (Å²) in [6.45, 7) is 5.15. The molecule has 2 aliphatic heterocycles. The van der Waals surface area contributed by atoms with E-state index < -0.39 is 40.7 Å². The smallest absolute Gasteiger partial charge is 0.353 e. The summed E-state index contributed by atoms with van der Waals surface area (Å²) >= 11 is 0. The summed E-state index contributed by atoms with van der Waals surface area (Å²) in [6, 6.07) is 6.03. The van der Waals surface area contributed by atoms with Gasteiger partial charge in [0.05, 0.1) is 11.1 Å². The van der Waals surface area contributed by atoms with Gasteiger partial charge in [-0.25, -0.2) is 24.5 Å². The normalized spacial score (nSPS) is 27.4. The van der Waals surface area contributed by atoms with Crippen LogP contribution in [-0.4, -0.2) is 51.4 Å². The molecular formula is C29H32F5N5OS. The summed E-state index contributed by atoms with van der Waals surface area (Å²) in [5.74, 6) is -2.39. The molecule has 6 nitrogen and oxygen atoms in total. The fourth-order valence-corrected chi connectivity index (χ4v) is 9.40. The first kappa shape index (κ1) is 28.1. The number of hydrogen-bond donors (Lipinski definition) is 2. The molecule has 0 radical (unpaired) electrons. The number of anilines is 1. The molecule has 0 bridgehead atoms. The van der Waals surface area contributed by atoms with Crippen molar-refractivity contribution in [2.45, 2.75) is 74.7 Å². The summed E-state index contributed by atoms with van der Waals surface area (Å²) in [4.78, 5) is 25.3. The molecule has 0 saturated carbocycles. The Morgan fingerprint density at radius 3 is 2.41 bits per heavy atom. The van der Waals surface area contributed by atoms with E-state index in [0.29, 0.717) is 29.3 Å². The van der Waals surface area contributed by atoms with E-state index in [-0.39, 0.29) is 48.6 Å². The molecule has 12 heteroatoms. The molecular weight excluding hydrogens is 561 g/mol. The van der Waals surface area contributed by atoms with Crippen LogP contribution in [0.25, 0.3) is 10.9 Å². The molecule has 4 atom stereocenters. The first-order valence-electron chi connectivity index (χ1n) is 13.8. The number of nitrogens with one attached hydrogen (secondary N) is 1. The Hall–Kier alpha value is -2.99. The maximum Gasteiger partial charge on any atom is 0.416 e. The van der Waals surface area contributed by atoms with Gasteiger partial charge in [0.25, 0.3) is 5.92 Å². The number of halogens is 5. The lowest BCUT2D eigenvalue weighted by Gasteiger charge is -2.37. The highest BCUT2D eigenvalue weighted by Gasteiger charge is 2.38. The molecule has 3 aromatic rings. The number of thiol groups is 1. The molecule has 2 aromatic heterocycles. The quantitative estimate of drug-likeness (QED) is 0.295. The first-order chi connectivity index (χ1) is 19.4. The lowest BCUT2D eigenvalue weighted by atomic mass is 10.0. The summed E-state index contributed by atoms with van der Waals surface area (Å²) in [6.07, 6.45) is -0.499. The standard InChI is InChI=1S/C29H32F5N5OS/c1-17-13-38(14-18(2)36-17)26-23-11-21(29(32,33)34)12-24-25(23)39(27(40)37-26)15-20(19-5-9-35-10-6-19)16-41(24)22-3-7-28(30,31)8-4-22/h3,5-6,9-12,17-18,20,36,41H,4,7-8,13-16H2,1-2H3/t17-,18+,20-/m0/s1. The van der Waals surface area contributed by atoms with Crippen LogP contribution in [0.4, 0.5) is 27.8 Å². The van der Waals surface area contributed by atoms with Crippen LogP contribution in [-0.2, 0) is 12.7 Å². The number of nitrogens with zero attached hydrogens (tertiary/aromatic N) is 4. The Balaban J connectivity index is 1.63. The zero-order valence-electron chi connectivity index (χ0n) is 22.8. The van der Waals surface area contributed by atoms with Crippen molar-refractivity contribution < 1.29 is 22.0 Å². The molecule has 41 heavy (non-hydrogen) atoms. The number of hydrogen-bond acceptors (Lipinski definition) is 5. The number of allylic oxidation sites excluding steroid dienone is 2. The third kappa shape index (κ3) is 5.48. The maximum absolute atomic E-state index is 14.4. The second-order valence-electron chi connectivity index (χ2n) is 11.4. The van der Waals surface area contributed by atoms with Gasteiger partial charge in [-0.2, -0.15) is 18.2 Å². The fourth-order valence-electron chi connectivity index (χ4n) is 6.40. The average Bonchev–Trinajstić information content (AvgIpc) is 3.08. The van der Waals surface area contributed by atoms with Gasteiger partial charge >= 0.3 is 11.9 Å². The Kier molecular flexibility index (Phi) is 7.12. The molecule has 1 aliphatic carbocycles. The van der Waals surface area contributed by atoms with Gasteiger partial charge in [0, 0.05) is 73.2 Å². The predicted molar refractivity (Wildman–Crippen MR) is 151 cm³/mol. The second kappa shape index (κ2) is 10.4. The van der Waals surface area contributed by atoms with Crippen molar-refractivity contribution in [2.75, 3.05) is 23.7 Å². The highest BCUT2D eigenvalue weighted by molar-refractivity contribution is 8.20. The Labute approximate surface area is 237 Å². The van der Waals surface area contributed by atoms with E-state index in [1.165, 1.54) is 10.6 Å². The van der Waals surface area contributed by atoms with Crippen molar-refractivity contribution in [1.82, 2.24) is 19.9 Å². The summed E-state index contributed by atoms with van der Waals surface area (Å²) in [5, 5.41) is 3.69. The van der Waals surface area contributed by atoms with Crippen molar-refractivity contribution in [3.63, 3.8) is 0 Å². The van der Waals surface area contributed by atoms with Crippen LogP contribution in [0.1, 0.15) is 50.2 Å². The SMILES string of the molecule is C[C@@H]1CN(c2nc(=O)n3c4c(cc(C(F)(F)F)cc24)[SH](C2=CCC(F)(F)CC2)C[C@@H](c2ccncc2)C3)C[C@H](C)N1. The molecule has 1 unspecified atom stereocenters. The minimum atomic E-state index is -4.64. The highest BCUT2D eigenvalue weighted by Crippen LogP contribution is 2.56. The van der Waals surface area contributed by atoms with Gasteiger partial charge in [-0.3, -0.25) is 9.55 Å². The average molecular weight is 594 g/mol. The Bertz CT molecular complexity index is 1550. The topological polar surface area (TPSA) is 63.1 Å². The Morgan fingerprint density at radius 2 is 1.78 bits per heavy atom. The van der Waals surface area contributed by atoms with Crippen molar-refractivity contribution >= 4 is 27.6 Å². The van der Waals surface area contributed by atoms with Gasteiger partial charge in [0.1, 0.15) is 5.82 Å². The molecule has 220 valence electrons. The lowest BCUT2D eigenvalue weighted by molar-refractivity contribution is -0.137. The first-order valence-corrected chi connectivity index (χ1v) is 15.3. The van der Waals surface area contributed by atoms with E-state index in [1.807, 2.05) is 30.9 Å². The Morgan fingerprint density at radius 1 is 1.07 bits per heavy atom. The molecule has 3 aliphatic rings. The molecule has 0 spiro atoms. The van der Waals surface area contributed by atoms with Crippen LogP contribution in [0.15, 0.2) is 57.3 Å².